The number of hydrogen-bond donors (Lipinski definition) is 2. The molecule has 1 aromatic carbocycles. The molecule has 7 nitrogen and oxygen atoms in total. The molecule has 5 rings (SSSR count). The first-order valence-corrected chi connectivity index (χ1v) is 13.2. The van der Waals surface area contributed by atoms with Gasteiger partial charge in [-0.3, -0.25) is 19.7 Å². The van der Waals surface area contributed by atoms with Gasteiger partial charge in [-0.25, -0.2) is 4.39 Å². The number of imide groups is 1. The number of rotatable bonds is 7. The fraction of sp³-hybridized carbons (Fsp3) is 0.667. The zero-order valence-corrected chi connectivity index (χ0v) is 20.3. The quantitative estimate of drug-likeness (QED) is 0.580. The van der Waals surface area contributed by atoms with Crippen molar-refractivity contribution in [3.8, 4) is 0 Å². The molecule has 3 atom stereocenters. The van der Waals surface area contributed by atoms with E-state index in [0.29, 0.717) is 40.9 Å². The maximum Gasteiger partial charge on any atom is 0.255 e. The number of halogens is 1. The van der Waals surface area contributed by atoms with Gasteiger partial charge in [0.2, 0.25) is 11.8 Å². The highest BCUT2D eigenvalue weighted by atomic mass is 19.1. The molecular weight excluding hydrogens is 449 g/mol. The lowest BCUT2D eigenvalue weighted by Crippen LogP contribution is -2.52. The van der Waals surface area contributed by atoms with Gasteiger partial charge in [0.05, 0.1) is 6.54 Å². The molecular formula is C27H36FN3O4. The average molecular weight is 486 g/mol. The van der Waals surface area contributed by atoms with Crippen molar-refractivity contribution < 1.29 is 23.5 Å². The highest BCUT2D eigenvalue weighted by Gasteiger charge is 2.40. The average Bonchev–Trinajstić information content (AvgIpc) is 3.19. The van der Waals surface area contributed by atoms with Crippen LogP contribution in [0.5, 0.6) is 0 Å². The Morgan fingerprint density at radius 1 is 1.00 bits per heavy atom. The number of fused-ring (bicyclic) bond motifs is 1. The summed E-state index contributed by atoms with van der Waals surface area (Å²) in [6.45, 7) is 3.80. The number of ether oxygens (including phenoxy) is 1. The normalized spacial score (nSPS) is 27.7. The first-order chi connectivity index (χ1) is 17.0. The molecule has 3 heterocycles. The zero-order valence-electron chi connectivity index (χ0n) is 20.3. The monoisotopic (exact) mass is 485 g/mol. The van der Waals surface area contributed by atoms with Gasteiger partial charge in [-0.05, 0) is 81.0 Å². The van der Waals surface area contributed by atoms with Crippen molar-refractivity contribution in [2.75, 3.05) is 26.3 Å². The Labute approximate surface area is 206 Å². The summed E-state index contributed by atoms with van der Waals surface area (Å²) in [4.78, 5) is 38.2. The summed E-state index contributed by atoms with van der Waals surface area (Å²) in [5.74, 6) is 0.205. The summed E-state index contributed by atoms with van der Waals surface area (Å²) >= 11 is 0. The highest BCUT2D eigenvalue weighted by molar-refractivity contribution is 6.05. The van der Waals surface area contributed by atoms with Gasteiger partial charge in [-0.1, -0.05) is 18.9 Å². The van der Waals surface area contributed by atoms with E-state index in [1.807, 2.05) is 0 Å². The van der Waals surface area contributed by atoms with E-state index < -0.39 is 11.9 Å². The van der Waals surface area contributed by atoms with E-state index in [4.69, 9.17) is 4.74 Å². The number of benzene rings is 1. The lowest BCUT2D eigenvalue weighted by atomic mass is 9.75. The van der Waals surface area contributed by atoms with Crippen LogP contribution >= 0.6 is 0 Å². The molecule has 2 saturated heterocycles. The summed E-state index contributed by atoms with van der Waals surface area (Å²) in [5.41, 5.74) is 1.40. The van der Waals surface area contributed by atoms with Crippen molar-refractivity contribution in [1.82, 2.24) is 15.5 Å². The lowest BCUT2D eigenvalue weighted by molar-refractivity contribution is -0.136. The van der Waals surface area contributed by atoms with Gasteiger partial charge in [0.15, 0.2) is 0 Å². The third-order valence-electron chi connectivity index (χ3n) is 8.46. The van der Waals surface area contributed by atoms with Crippen LogP contribution in [0.4, 0.5) is 4.39 Å². The standard InChI is InChI=1S/C27H36FN3O4/c28-25-19(13-18-3-1-2-4-20(18)15-29-14-17-9-11-35-12-10-17)5-6-21-22(25)16-31(27(21)34)23-7-8-24(32)30-26(23)33/h5-6,17-18,20,23,29H,1-4,7-16H2,(H,30,32,33)/t18-,20-,23?/m1/s1. The van der Waals surface area contributed by atoms with E-state index >= 15 is 4.39 Å². The van der Waals surface area contributed by atoms with Gasteiger partial charge in [0.25, 0.3) is 5.91 Å². The van der Waals surface area contributed by atoms with Gasteiger partial charge in [0, 0.05) is 30.8 Å². The van der Waals surface area contributed by atoms with E-state index in [9.17, 15) is 14.4 Å². The maximum atomic E-state index is 15.7. The first kappa shape index (κ1) is 24.4. The molecule has 190 valence electrons. The molecule has 3 amide bonds. The maximum absolute atomic E-state index is 15.7. The Bertz CT molecular complexity index is 977. The Morgan fingerprint density at radius 2 is 1.77 bits per heavy atom. The van der Waals surface area contributed by atoms with Gasteiger partial charge in [-0.2, -0.15) is 0 Å². The molecule has 3 aliphatic heterocycles. The van der Waals surface area contributed by atoms with Crippen LogP contribution < -0.4 is 10.6 Å². The smallest absolute Gasteiger partial charge is 0.255 e. The molecule has 4 aliphatic rings. The molecule has 35 heavy (non-hydrogen) atoms. The lowest BCUT2D eigenvalue weighted by Gasteiger charge is -2.33. The van der Waals surface area contributed by atoms with E-state index in [1.165, 1.54) is 24.2 Å². The van der Waals surface area contributed by atoms with Gasteiger partial charge in [-0.15, -0.1) is 0 Å². The van der Waals surface area contributed by atoms with Gasteiger partial charge < -0.3 is 15.0 Å². The summed E-state index contributed by atoms with van der Waals surface area (Å²) in [7, 11) is 0. The number of piperidine rings is 1. The van der Waals surface area contributed by atoms with Crippen molar-refractivity contribution in [2.45, 2.75) is 70.4 Å². The van der Waals surface area contributed by atoms with Crippen LogP contribution in [-0.2, 0) is 27.3 Å². The summed E-state index contributed by atoms with van der Waals surface area (Å²) < 4.78 is 21.1. The zero-order chi connectivity index (χ0) is 24.4. The highest BCUT2D eigenvalue weighted by Crippen LogP contribution is 2.36. The molecule has 2 N–H and O–H groups in total. The molecule has 0 bridgehead atoms. The van der Waals surface area contributed by atoms with Crippen molar-refractivity contribution in [2.24, 2.45) is 17.8 Å². The van der Waals surface area contributed by atoms with E-state index in [-0.39, 0.29) is 37.0 Å². The van der Waals surface area contributed by atoms with Gasteiger partial charge in [0.1, 0.15) is 11.9 Å². The van der Waals surface area contributed by atoms with Crippen molar-refractivity contribution in [3.63, 3.8) is 0 Å². The predicted octanol–water partition coefficient (Wildman–Crippen LogP) is 2.95. The molecule has 1 unspecified atom stereocenters. The summed E-state index contributed by atoms with van der Waals surface area (Å²) in [6.07, 6.45) is 8.06. The fourth-order valence-electron chi connectivity index (χ4n) is 6.34. The summed E-state index contributed by atoms with van der Waals surface area (Å²) in [6, 6.07) is 2.77. The third kappa shape index (κ3) is 5.28. The van der Waals surface area contributed by atoms with Gasteiger partial charge >= 0.3 is 0 Å². The Morgan fingerprint density at radius 3 is 2.54 bits per heavy atom. The molecule has 0 aromatic heterocycles. The van der Waals surface area contributed by atoms with Crippen molar-refractivity contribution >= 4 is 17.7 Å². The molecule has 1 aromatic rings. The van der Waals surface area contributed by atoms with Crippen LogP contribution in [0.15, 0.2) is 12.1 Å². The molecule has 3 fully saturated rings. The Balaban J connectivity index is 1.23. The molecule has 1 aliphatic carbocycles. The van der Waals surface area contributed by atoms with E-state index in [0.717, 1.165) is 45.6 Å². The number of carbonyl (C=O) groups excluding carboxylic acids is 3. The number of hydrogen-bond acceptors (Lipinski definition) is 5. The van der Waals surface area contributed by atoms with E-state index in [1.54, 1.807) is 12.1 Å². The topological polar surface area (TPSA) is 87.7 Å². The second-order valence-corrected chi connectivity index (χ2v) is 10.7. The summed E-state index contributed by atoms with van der Waals surface area (Å²) in [5, 5.41) is 5.99. The minimum Gasteiger partial charge on any atom is -0.381 e. The largest absolute Gasteiger partial charge is 0.381 e. The van der Waals surface area contributed by atoms with Crippen LogP contribution in [0.3, 0.4) is 0 Å². The molecule has 1 saturated carbocycles. The van der Waals surface area contributed by atoms with Crippen LogP contribution in [0.25, 0.3) is 0 Å². The van der Waals surface area contributed by atoms with Crippen molar-refractivity contribution in [3.05, 3.63) is 34.6 Å². The van der Waals surface area contributed by atoms with Crippen molar-refractivity contribution in [1.29, 1.82) is 0 Å². The fourth-order valence-corrected chi connectivity index (χ4v) is 6.34. The first-order valence-electron chi connectivity index (χ1n) is 13.2. The number of nitrogens with zero attached hydrogens (tertiary/aromatic N) is 1. The Kier molecular flexibility index (Phi) is 7.48. The van der Waals surface area contributed by atoms with Crippen LogP contribution in [0.1, 0.15) is 72.9 Å². The van der Waals surface area contributed by atoms with Crippen LogP contribution in [0.2, 0.25) is 0 Å². The number of carbonyl (C=O) groups is 3. The molecule has 0 radical (unpaired) electrons. The molecule has 8 heteroatoms. The van der Waals surface area contributed by atoms with Crippen LogP contribution in [0, 0.1) is 23.6 Å². The third-order valence-corrected chi connectivity index (χ3v) is 8.46. The minimum atomic E-state index is -0.722. The Hall–Kier alpha value is -2.32. The second kappa shape index (κ2) is 10.7. The predicted molar refractivity (Wildman–Crippen MR) is 128 cm³/mol. The number of amides is 3. The molecule has 0 spiro atoms. The SMILES string of the molecule is O=C1CCC(N2Cc3c(ccc(C[C@H]4CCCC[C@@H]4CNCC4CCOCC4)c3F)C2=O)C(=O)N1. The van der Waals surface area contributed by atoms with E-state index in [2.05, 4.69) is 10.6 Å². The second-order valence-electron chi connectivity index (χ2n) is 10.7. The number of nitrogens with one attached hydrogen (secondary N) is 2. The minimum absolute atomic E-state index is 0.0842. The van der Waals surface area contributed by atoms with Crippen LogP contribution in [-0.4, -0.2) is 55.0 Å².